The molecule has 0 fully saturated rings. The Bertz CT molecular complexity index is 1390. The zero-order valence-corrected chi connectivity index (χ0v) is 21.4. The molecule has 0 bridgehead atoms. The van der Waals surface area contributed by atoms with E-state index in [1.165, 1.54) is 51.5 Å². The van der Waals surface area contributed by atoms with Gasteiger partial charge >= 0.3 is 11.9 Å². The topological polar surface area (TPSA) is 128 Å². The van der Waals surface area contributed by atoms with E-state index in [0.29, 0.717) is 11.5 Å². The Labute approximate surface area is 214 Å². The maximum atomic E-state index is 13.2. The molecule has 1 atom stereocenters. The number of esters is 2. The van der Waals surface area contributed by atoms with E-state index in [-0.39, 0.29) is 22.5 Å². The number of benzene rings is 3. The van der Waals surface area contributed by atoms with E-state index in [4.69, 9.17) is 14.2 Å². The van der Waals surface area contributed by atoms with Crippen LogP contribution in [-0.4, -0.2) is 52.8 Å². The van der Waals surface area contributed by atoms with Crippen LogP contribution in [0.15, 0.2) is 72.8 Å². The summed E-state index contributed by atoms with van der Waals surface area (Å²) < 4.78 is 41.5. The molecule has 0 aliphatic rings. The van der Waals surface area contributed by atoms with E-state index >= 15 is 0 Å². The lowest BCUT2D eigenvalue weighted by Gasteiger charge is -2.28. The number of para-hydroxylation sites is 1. The molecule has 0 aliphatic heterocycles. The Morgan fingerprint density at radius 1 is 0.838 bits per heavy atom. The first kappa shape index (κ1) is 27.2. The quantitative estimate of drug-likeness (QED) is 0.417. The molecule has 0 aliphatic carbocycles. The summed E-state index contributed by atoms with van der Waals surface area (Å²) >= 11 is 0. The minimum atomic E-state index is -3.92. The molecule has 0 saturated carbocycles. The minimum Gasteiger partial charge on any atom is -0.465 e. The highest BCUT2D eigenvalue weighted by atomic mass is 32.2. The molecule has 0 aromatic heterocycles. The zero-order chi connectivity index (χ0) is 27.2. The lowest BCUT2D eigenvalue weighted by molar-refractivity contribution is -0.116. The Hall–Kier alpha value is -4.38. The number of anilines is 2. The Balaban J connectivity index is 1.89. The molecule has 1 amide bonds. The second kappa shape index (κ2) is 11.6. The molecule has 0 spiro atoms. The lowest BCUT2D eigenvalue weighted by atomic mass is 10.1. The number of carbonyl (C=O) groups is 3. The minimum absolute atomic E-state index is 0.0241. The molecule has 10 nitrogen and oxygen atoms in total. The number of nitrogens with one attached hydrogen (secondary N) is 1. The molecule has 0 radical (unpaired) electrons. The SMILES string of the molecule is COC(=O)c1ccc(C(=O)OC)c(NC(=O)[C@H](C)N(c2ccc(Oc3ccccc3)cc2)S(C)(=O)=O)c1. The highest BCUT2D eigenvalue weighted by molar-refractivity contribution is 7.92. The van der Waals surface area contributed by atoms with E-state index in [1.807, 2.05) is 18.2 Å². The normalized spacial score (nSPS) is 11.7. The van der Waals surface area contributed by atoms with Gasteiger partial charge in [0.1, 0.15) is 17.5 Å². The van der Waals surface area contributed by atoms with Crippen LogP contribution in [0.25, 0.3) is 0 Å². The van der Waals surface area contributed by atoms with Gasteiger partial charge in [0, 0.05) is 0 Å². The van der Waals surface area contributed by atoms with Crippen LogP contribution in [0.4, 0.5) is 11.4 Å². The molecule has 1 N–H and O–H groups in total. The van der Waals surface area contributed by atoms with Crippen molar-refractivity contribution in [3.63, 3.8) is 0 Å². The Morgan fingerprint density at radius 2 is 1.43 bits per heavy atom. The van der Waals surface area contributed by atoms with Gasteiger partial charge < -0.3 is 19.5 Å². The number of methoxy groups -OCH3 is 2. The van der Waals surface area contributed by atoms with E-state index in [0.717, 1.165) is 10.6 Å². The van der Waals surface area contributed by atoms with Crippen molar-refractivity contribution in [2.75, 3.05) is 30.1 Å². The van der Waals surface area contributed by atoms with E-state index in [9.17, 15) is 22.8 Å². The number of ether oxygens (including phenoxy) is 3. The summed E-state index contributed by atoms with van der Waals surface area (Å²) in [6, 6.07) is 17.9. The van der Waals surface area contributed by atoms with Crippen LogP contribution < -0.4 is 14.4 Å². The molecule has 0 heterocycles. The van der Waals surface area contributed by atoms with E-state index < -0.39 is 33.9 Å². The van der Waals surface area contributed by atoms with Gasteiger partial charge in [-0.1, -0.05) is 18.2 Å². The first-order valence-electron chi connectivity index (χ1n) is 11.0. The van der Waals surface area contributed by atoms with Gasteiger partial charge in [0.15, 0.2) is 0 Å². The average molecular weight is 527 g/mol. The van der Waals surface area contributed by atoms with Crippen molar-refractivity contribution in [2.45, 2.75) is 13.0 Å². The fourth-order valence-electron chi connectivity index (χ4n) is 3.51. The number of hydrogen-bond donors (Lipinski definition) is 1. The first-order chi connectivity index (χ1) is 17.5. The predicted molar refractivity (Wildman–Crippen MR) is 137 cm³/mol. The summed E-state index contributed by atoms with van der Waals surface area (Å²) in [4.78, 5) is 37.3. The number of amides is 1. The van der Waals surface area contributed by atoms with Gasteiger partial charge in [-0.05, 0) is 61.5 Å². The van der Waals surface area contributed by atoms with Crippen LogP contribution in [0.1, 0.15) is 27.6 Å². The fraction of sp³-hybridized carbons (Fsp3) is 0.192. The van der Waals surface area contributed by atoms with Gasteiger partial charge in [-0.15, -0.1) is 0 Å². The molecule has 37 heavy (non-hydrogen) atoms. The predicted octanol–water partition coefficient (Wildman–Crippen LogP) is 3.85. The summed E-state index contributed by atoms with van der Waals surface area (Å²) in [5.74, 6) is -1.10. The zero-order valence-electron chi connectivity index (χ0n) is 20.6. The van der Waals surface area contributed by atoms with Gasteiger partial charge in [0.25, 0.3) is 0 Å². The van der Waals surface area contributed by atoms with Crippen molar-refractivity contribution in [3.8, 4) is 11.5 Å². The summed E-state index contributed by atoms with van der Waals surface area (Å²) in [6.07, 6.45) is 0.975. The van der Waals surface area contributed by atoms with Crippen LogP contribution in [0.5, 0.6) is 11.5 Å². The van der Waals surface area contributed by atoms with Gasteiger partial charge in [-0.3, -0.25) is 9.10 Å². The third-order valence-corrected chi connectivity index (χ3v) is 6.50. The lowest BCUT2D eigenvalue weighted by Crippen LogP contribution is -2.45. The standard InChI is InChI=1S/C26H26N2O8S/c1-17(24(29)27-23-16-18(25(30)34-2)10-15-22(23)26(31)35-3)28(37(4,32)33)19-11-13-21(14-12-19)36-20-8-6-5-7-9-20/h5-17H,1-4H3,(H,27,29)/t17-/m0/s1. The maximum absolute atomic E-state index is 13.2. The third-order valence-electron chi connectivity index (χ3n) is 5.26. The smallest absolute Gasteiger partial charge is 0.339 e. The Morgan fingerprint density at radius 3 is 2.00 bits per heavy atom. The van der Waals surface area contributed by atoms with Crippen molar-refractivity contribution >= 4 is 39.2 Å². The molecule has 194 valence electrons. The Kier molecular flexibility index (Phi) is 8.51. The maximum Gasteiger partial charge on any atom is 0.339 e. The van der Waals surface area contributed by atoms with E-state index in [1.54, 1.807) is 24.3 Å². The second-order valence-corrected chi connectivity index (χ2v) is 9.74. The molecule has 0 saturated heterocycles. The van der Waals surface area contributed by atoms with Crippen LogP contribution >= 0.6 is 0 Å². The molecule has 11 heteroatoms. The van der Waals surface area contributed by atoms with Crippen molar-refractivity contribution in [2.24, 2.45) is 0 Å². The summed E-state index contributed by atoms with van der Waals surface area (Å²) in [7, 11) is -1.56. The van der Waals surface area contributed by atoms with Gasteiger partial charge in [0.05, 0.1) is 43.0 Å². The molecule has 3 aromatic rings. The van der Waals surface area contributed by atoms with Gasteiger partial charge in [-0.2, -0.15) is 0 Å². The highest BCUT2D eigenvalue weighted by Crippen LogP contribution is 2.28. The number of nitrogens with zero attached hydrogens (tertiary/aromatic N) is 1. The average Bonchev–Trinajstić information content (AvgIpc) is 2.88. The summed E-state index contributed by atoms with van der Waals surface area (Å²) in [5, 5.41) is 2.53. The first-order valence-corrected chi connectivity index (χ1v) is 12.8. The number of sulfonamides is 1. The molecular formula is C26H26N2O8S. The molecule has 0 unspecified atom stereocenters. The van der Waals surface area contributed by atoms with Crippen LogP contribution in [0.3, 0.4) is 0 Å². The van der Waals surface area contributed by atoms with Crippen LogP contribution in [0, 0.1) is 0 Å². The van der Waals surface area contributed by atoms with Crippen molar-refractivity contribution in [1.82, 2.24) is 0 Å². The van der Waals surface area contributed by atoms with Crippen molar-refractivity contribution in [1.29, 1.82) is 0 Å². The number of carbonyl (C=O) groups excluding carboxylic acids is 3. The summed E-state index contributed by atoms with van der Waals surface area (Å²) in [6.45, 7) is 1.40. The molecule has 3 aromatic carbocycles. The van der Waals surface area contributed by atoms with Crippen molar-refractivity contribution in [3.05, 3.63) is 83.9 Å². The van der Waals surface area contributed by atoms with Crippen molar-refractivity contribution < 1.29 is 37.0 Å². The second-order valence-electron chi connectivity index (χ2n) is 7.88. The van der Waals surface area contributed by atoms with Gasteiger partial charge in [-0.25, -0.2) is 18.0 Å². The molecular weight excluding hydrogens is 500 g/mol. The highest BCUT2D eigenvalue weighted by Gasteiger charge is 2.30. The van der Waals surface area contributed by atoms with Crippen LogP contribution in [-0.2, 0) is 24.3 Å². The number of rotatable bonds is 9. The van der Waals surface area contributed by atoms with Gasteiger partial charge in [0.2, 0.25) is 15.9 Å². The monoisotopic (exact) mass is 526 g/mol. The largest absolute Gasteiger partial charge is 0.465 e. The third kappa shape index (κ3) is 6.64. The van der Waals surface area contributed by atoms with E-state index in [2.05, 4.69) is 5.32 Å². The summed E-state index contributed by atoms with van der Waals surface area (Å²) in [5.41, 5.74) is 0.241. The molecule has 3 rings (SSSR count). The fourth-order valence-corrected chi connectivity index (χ4v) is 4.69. The van der Waals surface area contributed by atoms with Crippen LogP contribution in [0.2, 0.25) is 0 Å². The number of hydrogen-bond acceptors (Lipinski definition) is 8.